The molecule has 3 rings (SSSR count). The Morgan fingerprint density at radius 1 is 1.07 bits per heavy atom. The van der Waals surface area contributed by atoms with Crippen molar-refractivity contribution in [2.45, 2.75) is 32.8 Å². The molecule has 2 aromatic carbocycles. The van der Waals surface area contributed by atoms with E-state index in [2.05, 4.69) is 5.32 Å². The number of carbonyl (C=O) groups is 2. The summed E-state index contributed by atoms with van der Waals surface area (Å²) in [5, 5.41) is 14.2. The van der Waals surface area contributed by atoms with Gasteiger partial charge in [0.1, 0.15) is 5.69 Å². The second-order valence-electron chi connectivity index (χ2n) is 7.14. The first-order chi connectivity index (χ1) is 13.8. The lowest BCUT2D eigenvalue weighted by Gasteiger charge is -2.17. The van der Waals surface area contributed by atoms with Crippen molar-refractivity contribution < 1.29 is 19.2 Å². The molecule has 0 unspecified atom stereocenters. The van der Waals surface area contributed by atoms with Crippen LogP contribution in [0.25, 0.3) is 0 Å². The van der Waals surface area contributed by atoms with Crippen LogP contribution >= 0.6 is 0 Å². The van der Waals surface area contributed by atoms with Gasteiger partial charge in [-0.2, -0.15) is 0 Å². The summed E-state index contributed by atoms with van der Waals surface area (Å²) in [6.07, 6.45) is 1.78. The number of benzene rings is 2. The fraction of sp³-hybridized carbons (Fsp3) is 0.333. The molecule has 1 aliphatic rings. The number of amides is 1. The first kappa shape index (κ1) is 20.3. The van der Waals surface area contributed by atoms with Crippen LogP contribution in [0.2, 0.25) is 0 Å². The van der Waals surface area contributed by atoms with Crippen molar-refractivity contribution in [3.63, 3.8) is 0 Å². The molecule has 0 atom stereocenters. The van der Waals surface area contributed by atoms with Crippen LogP contribution in [0, 0.1) is 10.1 Å². The SMILES string of the molecule is CC(C)OC(=O)c1ccc(NC(=O)c2ccc(N3CCCC3)c([N+](=O)[O-])c2)cc1. The van der Waals surface area contributed by atoms with Gasteiger partial charge < -0.3 is 15.0 Å². The van der Waals surface area contributed by atoms with E-state index in [0.717, 1.165) is 25.9 Å². The van der Waals surface area contributed by atoms with Crippen LogP contribution in [0.15, 0.2) is 42.5 Å². The van der Waals surface area contributed by atoms with Gasteiger partial charge in [-0.05, 0) is 63.1 Å². The Morgan fingerprint density at radius 2 is 1.69 bits per heavy atom. The highest BCUT2D eigenvalue weighted by Gasteiger charge is 2.24. The maximum Gasteiger partial charge on any atom is 0.338 e. The minimum absolute atomic E-state index is 0.0775. The highest BCUT2D eigenvalue weighted by molar-refractivity contribution is 6.05. The number of hydrogen-bond acceptors (Lipinski definition) is 6. The van der Waals surface area contributed by atoms with Crippen molar-refractivity contribution in [1.29, 1.82) is 0 Å². The third-order valence-corrected chi connectivity index (χ3v) is 4.60. The van der Waals surface area contributed by atoms with Gasteiger partial charge in [0.05, 0.1) is 16.6 Å². The maximum absolute atomic E-state index is 12.5. The Bertz CT molecular complexity index is 918. The number of nitro groups is 1. The van der Waals surface area contributed by atoms with Crippen LogP contribution in [0.1, 0.15) is 47.4 Å². The van der Waals surface area contributed by atoms with Crippen LogP contribution in [-0.4, -0.2) is 36.0 Å². The topological polar surface area (TPSA) is 102 Å². The van der Waals surface area contributed by atoms with Crippen LogP contribution in [-0.2, 0) is 4.74 Å². The van der Waals surface area contributed by atoms with E-state index < -0.39 is 16.8 Å². The molecule has 29 heavy (non-hydrogen) atoms. The summed E-state index contributed by atoms with van der Waals surface area (Å²) < 4.78 is 5.12. The van der Waals surface area contributed by atoms with Crippen molar-refractivity contribution in [3.8, 4) is 0 Å². The Kier molecular flexibility index (Phi) is 6.11. The molecule has 1 heterocycles. The zero-order chi connectivity index (χ0) is 21.0. The van der Waals surface area contributed by atoms with E-state index in [0.29, 0.717) is 16.9 Å². The zero-order valence-corrected chi connectivity index (χ0v) is 16.4. The van der Waals surface area contributed by atoms with E-state index in [9.17, 15) is 19.7 Å². The minimum Gasteiger partial charge on any atom is -0.459 e. The van der Waals surface area contributed by atoms with Gasteiger partial charge in [0.15, 0.2) is 0 Å². The maximum atomic E-state index is 12.5. The zero-order valence-electron chi connectivity index (χ0n) is 16.4. The molecular formula is C21H23N3O5. The van der Waals surface area contributed by atoms with Gasteiger partial charge in [-0.15, -0.1) is 0 Å². The Hall–Kier alpha value is -3.42. The van der Waals surface area contributed by atoms with Crippen LogP contribution in [0.4, 0.5) is 17.1 Å². The number of anilines is 2. The molecule has 1 aliphatic heterocycles. The van der Waals surface area contributed by atoms with Crippen LogP contribution in [0.5, 0.6) is 0 Å². The summed E-state index contributed by atoms with van der Waals surface area (Å²) in [6, 6.07) is 10.8. The van der Waals surface area contributed by atoms with E-state index in [-0.39, 0.29) is 17.4 Å². The van der Waals surface area contributed by atoms with E-state index in [4.69, 9.17) is 4.74 Å². The van der Waals surface area contributed by atoms with Gasteiger partial charge in [0, 0.05) is 30.4 Å². The average molecular weight is 397 g/mol. The third kappa shape index (κ3) is 4.90. The predicted molar refractivity (Wildman–Crippen MR) is 109 cm³/mol. The van der Waals surface area contributed by atoms with Gasteiger partial charge in [0.2, 0.25) is 0 Å². The van der Waals surface area contributed by atoms with E-state index in [1.165, 1.54) is 6.07 Å². The van der Waals surface area contributed by atoms with Crippen LogP contribution in [0.3, 0.4) is 0 Å². The number of nitro benzene ring substituents is 1. The van der Waals surface area contributed by atoms with Crippen molar-refractivity contribution in [3.05, 3.63) is 63.7 Å². The summed E-state index contributed by atoms with van der Waals surface area (Å²) in [5.74, 6) is -0.899. The molecule has 1 fully saturated rings. The lowest BCUT2D eigenvalue weighted by Crippen LogP contribution is -2.19. The molecule has 0 spiro atoms. The molecule has 1 amide bonds. The second kappa shape index (κ2) is 8.72. The number of hydrogen-bond donors (Lipinski definition) is 1. The van der Waals surface area contributed by atoms with E-state index >= 15 is 0 Å². The van der Waals surface area contributed by atoms with E-state index in [1.807, 2.05) is 4.90 Å². The fourth-order valence-corrected chi connectivity index (χ4v) is 3.21. The molecule has 1 N–H and O–H groups in total. The van der Waals surface area contributed by atoms with Gasteiger partial charge in [0.25, 0.3) is 11.6 Å². The fourth-order valence-electron chi connectivity index (χ4n) is 3.21. The number of rotatable bonds is 6. The Balaban J connectivity index is 1.74. The van der Waals surface area contributed by atoms with Crippen molar-refractivity contribution in [2.24, 2.45) is 0 Å². The molecule has 0 bridgehead atoms. The summed E-state index contributed by atoms with van der Waals surface area (Å²) in [6.45, 7) is 5.08. The lowest BCUT2D eigenvalue weighted by molar-refractivity contribution is -0.384. The first-order valence-electron chi connectivity index (χ1n) is 9.51. The molecule has 152 valence electrons. The number of ether oxygens (including phenoxy) is 1. The molecule has 0 saturated carbocycles. The summed E-state index contributed by atoms with van der Waals surface area (Å²) in [4.78, 5) is 37.4. The van der Waals surface area contributed by atoms with Gasteiger partial charge >= 0.3 is 5.97 Å². The average Bonchev–Trinajstić information content (AvgIpc) is 3.22. The van der Waals surface area contributed by atoms with Gasteiger partial charge in [-0.3, -0.25) is 14.9 Å². The highest BCUT2D eigenvalue weighted by Crippen LogP contribution is 2.31. The van der Waals surface area contributed by atoms with Crippen LogP contribution < -0.4 is 10.2 Å². The number of nitrogens with one attached hydrogen (secondary N) is 1. The molecule has 8 nitrogen and oxygen atoms in total. The smallest absolute Gasteiger partial charge is 0.338 e. The highest BCUT2D eigenvalue weighted by atomic mass is 16.6. The van der Waals surface area contributed by atoms with Crippen molar-refractivity contribution in [1.82, 2.24) is 0 Å². The quantitative estimate of drug-likeness (QED) is 0.449. The van der Waals surface area contributed by atoms with Crippen molar-refractivity contribution >= 4 is 28.9 Å². The number of esters is 1. The molecule has 0 aliphatic carbocycles. The Morgan fingerprint density at radius 3 is 2.28 bits per heavy atom. The second-order valence-corrected chi connectivity index (χ2v) is 7.14. The summed E-state index contributed by atoms with van der Waals surface area (Å²) in [7, 11) is 0. The third-order valence-electron chi connectivity index (χ3n) is 4.60. The molecule has 0 radical (unpaired) electrons. The predicted octanol–water partition coefficient (Wildman–Crippen LogP) is 4.01. The largest absolute Gasteiger partial charge is 0.459 e. The molecule has 2 aromatic rings. The molecule has 8 heteroatoms. The van der Waals surface area contributed by atoms with Gasteiger partial charge in [-0.25, -0.2) is 4.79 Å². The molecular weight excluding hydrogens is 374 g/mol. The Labute approximate surface area is 168 Å². The van der Waals surface area contributed by atoms with Crippen molar-refractivity contribution in [2.75, 3.05) is 23.3 Å². The molecule has 0 aromatic heterocycles. The summed E-state index contributed by atoms with van der Waals surface area (Å²) in [5.41, 5.74) is 1.51. The number of nitrogens with zero attached hydrogens (tertiary/aromatic N) is 2. The normalized spacial score (nSPS) is 13.4. The lowest BCUT2D eigenvalue weighted by atomic mass is 10.1. The first-order valence-corrected chi connectivity index (χ1v) is 9.51. The van der Waals surface area contributed by atoms with E-state index in [1.54, 1.807) is 50.2 Å². The van der Waals surface area contributed by atoms with Gasteiger partial charge in [-0.1, -0.05) is 0 Å². The molecule has 1 saturated heterocycles. The number of carbonyl (C=O) groups excluding carboxylic acids is 2. The minimum atomic E-state index is -0.460. The summed E-state index contributed by atoms with van der Waals surface area (Å²) >= 11 is 0. The monoisotopic (exact) mass is 397 g/mol. The standard InChI is InChI=1S/C21H23N3O5/c1-14(2)29-21(26)15-5-8-17(9-6-15)22-20(25)16-7-10-18(19(13-16)24(27)28)23-11-3-4-12-23/h5-10,13-14H,3-4,11-12H2,1-2H3,(H,22,25).